The molecule has 0 aromatic heterocycles. The van der Waals surface area contributed by atoms with Crippen molar-refractivity contribution in [1.29, 1.82) is 0 Å². The van der Waals surface area contributed by atoms with Gasteiger partial charge in [-0.2, -0.15) is 0 Å². The number of fused-ring (bicyclic) bond motifs is 3. The summed E-state index contributed by atoms with van der Waals surface area (Å²) in [5.41, 5.74) is 3.26. The monoisotopic (exact) mass is 407 g/mol. The van der Waals surface area contributed by atoms with E-state index in [1.54, 1.807) is 9.80 Å². The fourth-order valence-electron chi connectivity index (χ4n) is 4.82. The van der Waals surface area contributed by atoms with Crippen LogP contribution in [0.5, 0.6) is 0 Å². The number of carbonyl (C=O) groups is 2. The topological polar surface area (TPSA) is 43.9 Å². The lowest BCUT2D eigenvalue weighted by molar-refractivity contribution is -0.133. The number of carbonyl (C=O) groups excluding carboxylic acids is 2. The van der Waals surface area contributed by atoms with Crippen LogP contribution in [-0.2, 0) is 16.1 Å². The molecule has 0 bridgehead atoms. The highest BCUT2D eigenvalue weighted by molar-refractivity contribution is 8.02. The maximum absolute atomic E-state index is 13.7. The van der Waals surface area contributed by atoms with E-state index in [4.69, 9.17) is 0 Å². The molecule has 3 aliphatic heterocycles. The zero-order chi connectivity index (χ0) is 20.0. The van der Waals surface area contributed by atoms with Gasteiger partial charge in [0.2, 0.25) is 5.91 Å². The second-order valence-electron chi connectivity index (χ2n) is 8.07. The van der Waals surface area contributed by atoms with Crippen molar-refractivity contribution >= 4 is 35.0 Å². The van der Waals surface area contributed by atoms with Crippen LogP contribution < -0.4 is 9.80 Å². The summed E-state index contributed by atoms with van der Waals surface area (Å²) < 4.78 is 0. The van der Waals surface area contributed by atoms with Gasteiger partial charge in [-0.05, 0) is 43.0 Å². The molecule has 3 aliphatic rings. The van der Waals surface area contributed by atoms with Crippen molar-refractivity contribution in [2.24, 2.45) is 0 Å². The van der Waals surface area contributed by atoms with Crippen LogP contribution in [0, 0.1) is 0 Å². The largest absolute Gasteiger partial charge is 0.371 e. The number of anilines is 2. The number of amides is 2. The molecule has 0 saturated carbocycles. The first kappa shape index (κ1) is 18.6. The summed E-state index contributed by atoms with van der Waals surface area (Å²) in [6.07, 6.45) is 3.42. The van der Waals surface area contributed by atoms with Crippen molar-refractivity contribution in [3.8, 4) is 0 Å². The molecule has 0 aliphatic carbocycles. The second kappa shape index (κ2) is 7.10. The van der Waals surface area contributed by atoms with Crippen molar-refractivity contribution in [2.45, 2.75) is 42.0 Å². The molecule has 1 atom stereocenters. The first-order valence-corrected chi connectivity index (χ1v) is 11.1. The Morgan fingerprint density at radius 1 is 1.07 bits per heavy atom. The quantitative estimate of drug-likeness (QED) is 0.772. The molecular weight excluding hydrogens is 382 g/mol. The maximum atomic E-state index is 13.7. The molecule has 29 heavy (non-hydrogen) atoms. The van der Waals surface area contributed by atoms with Gasteiger partial charge >= 0.3 is 0 Å². The Kier molecular flexibility index (Phi) is 4.54. The van der Waals surface area contributed by atoms with Crippen molar-refractivity contribution in [3.05, 3.63) is 54.1 Å². The number of hydrogen-bond donors (Lipinski definition) is 0. The Hall–Kier alpha value is -2.47. The van der Waals surface area contributed by atoms with Gasteiger partial charge in [-0.15, -0.1) is 0 Å². The van der Waals surface area contributed by atoms with Crippen molar-refractivity contribution in [1.82, 2.24) is 4.90 Å². The molecular formula is C23H25N3O2S. The zero-order valence-electron chi connectivity index (χ0n) is 16.6. The molecule has 5 nitrogen and oxygen atoms in total. The van der Waals surface area contributed by atoms with Crippen molar-refractivity contribution < 1.29 is 9.59 Å². The molecule has 0 radical (unpaired) electrons. The summed E-state index contributed by atoms with van der Waals surface area (Å²) in [7, 11) is 1.86. The Morgan fingerprint density at radius 2 is 1.76 bits per heavy atom. The molecule has 3 heterocycles. The molecule has 150 valence electrons. The minimum atomic E-state index is -0.835. The van der Waals surface area contributed by atoms with Gasteiger partial charge in [0, 0.05) is 43.7 Å². The van der Waals surface area contributed by atoms with E-state index in [0.717, 1.165) is 29.2 Å². The minimum absolute atomic E-state index is 0.0146. The summed E-state index contributed by atoms with van der Waals surface area (Å²) in [4.78, 5) is 32.5. The van der Waals surface area contributed by atoms with Crippen molar-refractivity contribution in [3.63, 3.8) is 0 Å². The van der Waals surface area contributed by atoms with Crippen LogP contribution in [0.15, 0.2) is 53.4 Å². The normalized spacial score (nSPS) is 22.7. The van der Waals surface area contributed by atoms with Gasteiger partial charge in [0.15, 0.2) is 4.87 Å². The minimum Gasteiger partial charge on any atom is -0.371 e. The van der Waals surface area contributed by atoms with E-state index in [0.29, 0.717) is 19.4 Å². The molecule has 2 amide bonds. The van der Waals surface area contributed by atoms with E-state index >= 15 is 0 Å². The summed E-state index contributed by atoms with van der Waals surface area (Å²) in [6.45, 7) is 2.70. The van der Waals surface area contributed by atoms with Gasteiger partial charge in [-0.1, -0.05) is 42.1 Å². The number of rotatable bonds is 4. The average Bonchev–Trinajstić information content (AvgIpc) is 3.44. The van der Waals surface area contributed by atoms with E-state index in [1.807, 2.05) is 37.4 Å². The van der Waals surface area contributed by atoms with Crippen LogP contribution in [0.3, 0.4) is 0 Å². The Bertz CT molecular complexity index is 972. The van der Waals surface area contributed by atoms with Crippen LogP contribution in [-0.4, -0.2) is 41.7 Å². The predicted octanol–water partition coefficient (Wildman–Crippen LogP) is 3.87. The highest BCUT2D eigenvalue weighted by atomic mass is 32.2. The summed E-state index contributed by atoms with van der Waals surface area (Å²) in [5, 5.41) is 0. The lowest BCUT2D eigenvalue weighted by atomic mass is 10.1. The fraction of sp³-hybridized carbons (Fsp3) is 0.391. The zero-order valence-corrected chi connectivity index (χ0v) is 17.5. The summed E-state index contributed by atoms with van der Waals surface area (Å²) >= 11 is 1.54. The van der Waals surface area contributed by atoms with E-state index in [2.05, 4.69) is 23.1 Å². The van der Waals surface area contributed by atoms with E-state index in [9.17, 15) is 9.59 Å². The first-order valence-electron chi connectivity index (χ1n) is 10.3. The van der Waals surface area contributed by atoms with Gasteiger partial charge in [-0.3, -0.25) is 14.5 Å². The van der Waals surface area contributed by atoms with Crippen molar-refractivity contribution in [2.75, 3.05) is 29.9 Å². The summed E-state index contributed by atoms with van der Waals surface area (Å²) in [6, 6.07) is 16.2. The predicted molar refractivity (Wildman–Crippen MR) is 116 cm³/mol. The van der Waals surface area contributed by atoms with Gasteiger partial charge < -0.3 is 9.80 Å². The van der Waals surface area contributed by atoms with E-state index in [1.165, 1.54) is 30.3 Å². The van der Waals surface area contributed by atoms with Gasteiger partial charge in [0.1, 0.15) is 0 Å². The number of likely N-dealkylation sites (N-methyl/N-ethyl adjacent to an activating group) is 1. The van der Waals surface area contributed by atoms with E-state index < -0.39 is 4.87 Å². The first-order chi connectivity index (χ1) is 14.1. The SMILES string of the molecule is CN(Cc1ccccc1N1CCCC1)C(=O)C12CCC(=O)N1c1ccccc1S2. The maximum Gasteiger partial charge on any atom is 0.259 e. The molecule has 2 saturated heterocycles. The molecule has 1 unspecified atom stereocenters. The van der Waals surface area contributed by atoms with Gasteiger partial charge in [0.25, 0.3) is 5.91 Å². The smallest absolute Gasteiger partial charge is 0.259 e. The molecule has 2 fully saturated rings. The third kappa shape index (κ3) is 2.92. The molecule has 0 N–H and O–H groups in total. The van der Waals surface area contributed by atoms with Crippen LogP contribution in [0.2, 0.25) is 0 Å². The molecule has 0 spiro atoms. The second-order valence-corrected chi connectivity index (χ2v) is 9.39. The molecule has 2 aromatic rings. The number of benzene rings is 2. The molecule has 6 heteroatoms. The Morgan fingerprint density at radius 3 is 2.55 bits per heavy atom. The Labute approximate surface area is 175 Å². The van der Waals surface area contributed by atoms with Gasteiger partial charge in [-0.25, -0.2) is 0 Å². The summed E-state index contributed by atoms with van der Waals surface area (Å²) in [5.74, 6) is 0.0578. The highest BCUT2D eigenvalue weighted by Gasteiger charge is 2.58. The number of para-hydroxylation sites is 2. The number of nitrogens with zero attached hydrogens (tertiary/aromatic N) is 3. The fourth-order valence-corrected chi connectivity index (χ4v) is 6.33. The third-order valence-electron chi connectivity index (χ3n) is 6.20. The van der Waals surface area contributed by atoms with E-state index in [-0.39, 0.29) is 11.8 Å². The van der Waals surface area contributed by atoms with Crippen LogP contribution >= 0.6 is 11.8 Å². The van der Waals surface area contributed by atoms with Crippen LogP contribution in [0.1, 0.15) is 31.2 Å². The number of hydrogen-bond acceptors (Lipinski definition) is 4. The van der Waals surface area contributed by atoms with Crippen LogP contribution in [0.25, 0.3) is 0 Å². The third-order valence-corrected chi connectivity index (χ3v) is 7.66. The number of thioether (sulfide) groups is 1. The van der Waals surface area contributed by atoms with Crippen LogP contribution in [0.4, 0.5) is 11.4 Å². The van der Waals surface area contributed by atoms with Gasteiger partial charge in [0.05, 0.1) is 5.69 Å². The Balaban J connectivity index is 1.42. The standard InChI is InChI=1S/C23H25N3O2S/c1-24(16-17-8-2-3-9-18(17)25-14-6-7-15-25)22(28)23-13-12-21(27)26(23)19-10-4-5-11-20(19)29-23/h2-5,8-11H,6-7,12-16H2,1H3. The lowest BCUT2D eigenvalue weighted by Crippen LogP contribution is -2.52. The molecule has 2 aromatic carbocycles. The lowest BCUT2D eigenvalue weighted by Gasteiger charge is -2.34. The molecule has 5 rings (SSSR count). The average molecular weight is 408 g/mol. The highest BCUT2D eigenvalue weighted by Crippen LogP contribution is 2.56.